The van der Waals surface area contributed by atoms with Crippen LogP contribution in [-0.2, 0) is 5.92 Å². The number of fused-ring (bicyclic) bond motifs is 1. The molecule has 0 fully saturated rings. The van der Waals surface area contributed by atoms with Crippen LogP contribution < -0.4 is 4.74 Å². The fourth-order valence-corrected chi connectivity index (χ4v) is 2.22. The van der Waals surface area contributed by atoms with Gasteiger partial charge in [0, 0.05) is 12.5 Å². The molecule has 1 aromatic carbocycles. The molecule has 126 valence electrons. The number of aromatic nitrogens is 3. The average molecular weight is 343 g/mol. The molecule has 0 saturated carbocycles. The van der Waals surface area contributed by atoms with Crippen molar-refractivity contribution in [3.63, 3.8) is 0 Å². The summed E-state index contributed by atoms with van der Waals surface area (Å²) < 4.78 is 68.4. The molecule has 0 aliphatic heterocycles. The fourth-order valence-electron chi connectivity index (χ4n) is 2.22. The minimum atomic E-state index is -4.78. The van der Waals surface area contributed by atoms with E-state index in [2.05, 4.69) is 14.9 Å². The topological polar surface area (TPSA) is 39.4 Å². The Labute approximate surface area is 132 Å². The van der Waals surface area contributed by atoms with Crippen molar-refractivity contribution < 1.29 is 26.7 Å². The van der Waals surface area contributed by atoms with Gasteiger partial charge in [-0.25, -0.2) is 8.78 Å². The van der Waals surface area contributed by atoms with Gasteiger partial charge < -0.3 is 4.74 Å². The molecule has 3 aromatic rings. The van der Waals surface area contributed by atoms with Crippen molar-refractivity contribution >= 4 is 5.52 Å². The maximum absolute atomic E-state index is 13.6. The first-order chi connectivity index (χ1) is 11.1. The first kappa shape index (κ1) is 16.2. The van der Waals surface area contributed by atoms with E-state index in [1.165, 1.54) is 24.4 Å². The number of halogens is 5. The Hall–Kier alpha value is -2.71. The number of benzene rings is 1. The van der Waals surface area contributed by atoms with Gasteiger partial charge in [-0.1, -0.05) is 12.1 Å². The van der Waals surface area contributed by atoms with Gasteiger partial charge in [0.15, 0.2) is 0 Å². The Kier molecular flexibility index (Phi) is 3.66. The largest absolute Gasteiger partial charge is 0.573 e. The van der Waals surface area contributed by atoms with E-state index in [-0.39, 0.29) is 16.8 Å². The molecular weight excluding hydrogens is 333 g/mol. The number of hydrogen-bond donors (Lipinski definition) is 0. The zero-order chi connectivity index (χ0) is 17.5. The molecular formula is C15H10F5N3O. The second-order valence-corrected chi connectivity index (χ2v) is 5.14. The van der Waals surface area contributed by atoms with Crippen molar-refractivity contribution in [1.82, 2.24) is 14.8 Å². The summed E-state index contributed by atoms with van der Waals surface area (Å²) in [5.74, 6) is -3.46. The highest BCUT2D eigenvalue weighted by molar-refractivity contribution is 5.70. The summed E-state index contributed by atoms with van der Waals surface area (Å²) in [5, 5.41) is 7.69. The monoisotopic (exact) mass is 343 g/mol. The highest BCUT2D eigenvalue weighted by Crippen LogP contribution is 2.32. The highest BCUT2D eigenvalue weighted by Gasteiger charge is 2.31. The van der Waals surface area contributed by atoms with Gasteiger partial charge in [0.2, 0.25) is 0 Å². The molecule has 9 heteroatoms. The normalized spacial score (nSPS) is 12.6. The Morgan fingerprint density at radius 1 is 0.917 bits per heavy atom. The van der Waals surface area contributed by atoms with Gasteiger partial charge in [0.1, 0.15) is 5.75 Å². The standard InChI is InChI=1S/C15H10F5N3O/c1-14(16,17)12-8-22-23-13(12)6-10(7-21-23)9-2-4-11(5-3-9)24-15(18,19)20/h2-8H,1H3. The Bertz CT molecular complexity index is 865. The second kappa shape index (κ2) is 5.43. The van der Waals surface area contributed by atoms with Crippen LogP contribution in [0.2, 0.25) is 0 Å². The van der Waals surface area contributed by atoms with Crippen LogP contribution >= 0.6 is 0 Å². The minimum Gasteiger partial charge on any atom is -0.406 e. The lowest BCUT2D eigenvalue weighted by atomic mass is 10.1. The number of rotatable bonds is 3. The fraction of sp³-hybridized carbons (Fsp3) is 0.200. The van der Waals surface area contributed by atoms with Crippen LogP contribution in [-0.4, -0.2) is 21.2 Å². The van der Waals surface area contributed by atoms with Crippen LogP contribution in [0.3, 0.4) is 0 Å². The van der Waals surface area contributed by atoms with Crippen molar-refractivity contribution in [3.05, 3.63) is 48.3 Å². The van der Waals surface area contributed by atoms with Crippen molar-refractivity contribution in [1.29, 1.82) is 0 Å². The lowest BCUT2D eigenvalue weighted by Gasteiger charge is -2.10. The van der Waals surface area contributed by atoms with E-state index in [4.69, 9.17) is 0 Å². The molecule has 0 saturated heterocycles. The lowest BCUT2D eigenvalue weighted by Crippen LogP contribution is -2.16. The molecule has 3 rings (SSSR count). The smallest absolute Gasteiger partial charge is 0.406 e. The van der Waals surface area contributed by atoms with E-state index in [1.807, 2.05) is 0 Å². The molecule has 0 bridgehead atoms. The predicted molar refractivity (Wildman–Crippen MR) is 74.7 cm³/mol. The van der Waals surface area contributed by atoms with Crippen molar-refractivity contribution in [3.8, 4) is 16.9 Å². The lowest BCUT2D eigenvalue weighted by molar-refractivity contribution is -0.274. The maximum Gasteiger partial charge on any atom is 0.573 e. The van der Waals surface area contributed by atoms with Crippen molar-refractivity contribution in [2.24, 2.45) is 0 Å². The van der Waals surface area contributed by atoms with Crippen molar-refractivity contribution in [2.75, 3.05) is 0 Å². The van der Waals surface area contributed by atoms with Crippen LogP contribution in [0.5, 0.6) is 5.75 Å². The van der Waals surface area contributed by atoms with Gasteiger partial charge in [-0.05, 0) is 23.8 Å². The Balaban J connectivity index is 1.97. The molecule has 0 aliphatic carbocycles. The molecule has 0 unspecified atom stereocenters. The highest BCUT2D eigenvalue weighted by atomic mass is 19.4. The Morgan fingerprint density at radius 2 is 1.54 bits per heavy atom. The van der Waals surface area contributed by atoms with Crippen LogP contribution in [0.1, 0.15) is 12.5 Å². The van der Waals surface area contributed by atoms with Crippen LogP contribution in [0, 0.1) is 0 Å². The second-order valence-electron chi connectivity index (χ2n) is 5.14. The number of alkyl halides is 5. The van der Waals surface area contributed by atoms with Gasteiger partial charge >= 0.3 is 6.36 Å². The number of hydrogen-bond acceptors (Lipinski definition) is 3. The molecule has 2 aromatic heterocycles. The number of nitrogens with zero attached hydrogens (tertiary/aromatic N) is 3. The molecule has 0 atom stereocenters. The molecule has 2 heterocycles. The maximum atomic E-state index is 13.6. The van der Waals surface area contributed by atoms with Gasteiger partial charge in [-0.2, -0.15) is 14.8 Å². The van der Waals surface area contributed by atoms with Gasteiger partial charge in [-0.3, -0.25) is 0 Å². The first-order valence-electron chi connectivity index (χ1n) is 6.72. The summed E-state index contributed by atoms with van der Waals surface area (Å²) in [4.78, 5) is 0. The molecule has 24 heavy (non-hydrogen) atoms. The summed E-state index contributed by atoms with van der Waals surface area (Å²) >= 11 is 0. The van der Waals surface area contributed by atoms with Gasteiger partial charge in [0.25, 0.3) is 5.92 Å². The van der Waals surface area contributed by atoms with Gasteiger partial charge in [0.05, 0.1) is 23.5 Å². The number of ether oxygens (including phenoxy) is 1. The van der Waals surface area contributed by atoms with E-state index >= 15 is 0 Å². The summed E-state index contributed by atoms with van der Waals surface area (Å²) in [5.41, 5.74) is 0.808. The molecule has 0 amide bonds. The molecule has 4 nitrogen and oxygen atoms in total. The quantitative estimate of drug-likeness (QED) is 0.662. The van der Waals surface area contributed by atoms with Crippen LogP contribution in [0.15, 0.2) is 42.7 Å². The molecule has 0 radical (unpaired) electrons. The van der Waals surface area contributed by atoms with E-state index in [9.17, 15) is 22.0 Å². The molecule has 0 spiro atoms. The van der Waals surface area contributed by atoms with E-state index in [0.29, 0.717) is 11.1 Å². The summed E-state index contributed by atoms with van der Waals surface area (Å²) in [7, 11) is 0. The van der Waals surface area contributed by atoms with Crippen molar-refractivity contribution in [2.45, 2.75) is 19.2 Å². The zero-order valence-corrected chi connectivity index (χ0v) is 12.2. The molecule has 0 N–H and O–H groups in total. The third kappa shape index (κ3) is 3.29. The summed E-state index contributed by atoms with van der Waals surface area (Å²) in [6.07, 6.45) is -2.36. The minimum absolute atomic E-state index is 0.121. The third-order valence-corrected chi connectivity index (χ3v) is 3.28. The average Bonchev–Trinajstić information content (AvgIpc) is 2.89. The van der Waals surface area contributed by atoms with Gasteiger partial charge in [-0.15, -0.1) is 13.2 Å². The van der Waals surface area contributed by atoms with Crippen LogP contribution in [0.4, 0.5) is 22.0 Å². The summed E-state index contributed by atoms with van der Waals surface area (Å²) in [6, 6.07) is 6.49. The van der Waals surface area contributed by atoms with E-state index < -0.39 is 12.3 Å². The SMILES string of the molecule is CC(F)(F)c1cnn2ncc(-c3ccc(OC(F)(F)F)cc3)cc12. The first-order valence-corrected chi connectivity index (χ1v) is 6.72. The zero-order valence-electron chi connectivity index (χ0n) is 12.2. The Morgan fingerprint density at radius 3 is 2.12 bits per heavy atom. The molecule has 0 aliphatic rings. The van der Waals surface area contributed by atoms with Crippen LogP contribution in [0.25, 0.3) is 16.6 Å². The van der Waals surface area contributed by atoms with E-state index in [1.54, 1.807) is 0 Å². The predicted octanol–water partition coefficient (Wildman–Crippen LogP) is 4.41. The van der Waals surface area contributed by atoms with E-state index in [0.717, 1.165) is 29.9 Å². The third-order valence-electron chi connectivity index (χ3n) is 3.28. The summed E-state index contributed by atoms with van der Waals surface area (Å²) in [6.45, 7) is 0.750.